The first-order valence-corrected chi connectivity index (χ1v) is 17.1. The molecule has 0 radical (unpaired) electrons. The molecule has 0 bridgehead atoms. The molecule has 0 aliphatic heterocycles. The van der Waals surface area contributed by atoms with Crippen molar-refractivity contribution >= 4 is 0 Å². The van der Waals surface area contributed by atoms with E-state index in [1.54, 1.807) is 0 Å². The largest absolute Gasteiger partial charge is 0.241 e. The molecule has 0 spiro atoms. The molecule has 2 heteroatoms. The number of aromatic nitrogens is 2. The van der Waals surface area contributed by atoms with Crippen molar-refractivity contribution in [3.8, 4) is 11.1 Å². The predicted octanol–water partition coefficient (Wildman–Crippen LogP) is 11.6. The van der Waals surface area contributed by atoms with Gasteiger partial charge < -0.3 is 0 Å². The predicted molar refractivity (Wildman–Crippen MR) is 170 cm³/mol. The van der Waals surface area contributed by atoms with Gasteiger partial charge in [0.05, 0.1) is 0 Å². The Kier molecular flexibility index (Phi) is 15.8. The normalized spacial score (nSPS) is 17.5. The molecule has 0 unspecified atom stereocenters. The Morgan fingerprint density at radius 3 is 1.74 bits per heavy atom. The highest BCUT2D eigenvalue weighted by atomic mass is 14.9. The van der Waals surface area contributed by atoms with Crippen LogP contribution in [0.3, 0.4) is 0 Å². The zero-order chi connectivity index (χ0) is 27.5. The van der Waals surface area contributed by atoms with Gasteiger partial charge in [-0.25, -0.2) is 9.97 Å². The van der Waals surface area contributed by atoms with Gasteiger partial charge in [-0.1, -0.05) is 148 Å². The Bertz CT molecular complexity index is 879. The first-order valence-electron chi connectivity index (χ1n) is 17.1. The van der Waals surface area contributed by atoms with Gasteiger partial charge in [-0.2, -0.15) is 0 Å². The zero-order valence-electron chi connectivity index (χ0n) is 26.0. The van der Waals surface area contributed by atoms with Crippen LogP contribution in [0, 0.1) is 18.8 Å². The van der Waals surface area contributed by atoms with Gasteiger partial charge in [-0.05, 0) is 54.7 Å². The van der Waals surface area contributed by atoms with Crippen molar-refractivity contribution in [3.63, 3.8) is 0 Å². The first kappa shape index (κ1) is 31.8. The summed E-state index contributed by atoms with van der Waals surface area (Å²) in [5.74, 6) is 2.95. The highest BCUT2D eigenvalue weighted by Gasteiger charge is 2.20. The fourth-order valence-corrected chi connectivity index (χ4v) is 6.64. The fourth-order valence-electron chi connectivity index (χ4n) is 6.64. The molecule has 39 heavy (non-hydrogen) atoms. The SMILES string of the molecule is CCCCCCCCCc1ncc(-c2ccc(CCC3CCC(CCCCCCCCC)CC3)cc2C)cn1. The van der Waals surface area contributed by atoms with Crippen LogP contribution in [-0.2, 0) is 12.8 Å². The molecule has 1 aliphatic rings. The average molecular weight is 533 g/mol. The van der Waals surface area contributed by atoms with Gasteiger partial charge in [-0.3, -0.25) is 0 Å². The minimum absolute atomic E-state index is 0.938. The zero-order valence-corrected chi connectivity index (χ0v) is 26.0. The molecule has 1 heterocycles. The van der Waals surface area contributed by atoms with Crippen LogP contribution in [0.2, 0.25) is 0 Å². The molecule has 3 rings (SSSR count). The van der Waals surface area contributed by atoms with Crippen molar-refractivity contribution < 1.29 is 0 Å². The fraction of sp³-hybridized carbons (Fsp3) is 0.730. The topological polar surface area (TPSA) is 25.8 Å². The quantitative estimate of drug-likeness (QED) is 0.158. The lowest BCUT2D eigenvalue weighted by Gasteiger charge is -2.28. The number of benzene rings is 1. The Morgan fingerprint density at radius 1 is 0.615 bits per heavy atom. The Labute approximate surface area is 242 Å². The Morgan fingerprint density at radius 2 is 1.15 bits per heavy atom. The Balaban J connectivity index is 1.32. The number of nitrogens with zero attached hydrogens (tertiary/aromatic N) is 2. The van der Waals surface area contributed by atoms with E-state index < -0.39 is 0 Å². The molecule has 0 amide bonds. The molecule has 1 fully saturated rings. The maximum atomic E-state index is 4.70. The van der Waals surface area contributed by atoms with Gasteiger partial charge in [0.25, 0.3) is 0 Å². The molecule has 1 aromatic carbocycles. The standard InChI is InChI=1S/C37H60N2/c1-4-6-8-10-12-14-16-18-32-20-22-33(23-21-32)24-25-34-26-27-36(31(3)28-34)35-29-38-37(39-30-35)19-17-15-13-11-9-7-5-2/h26-30,32-33H,4-25H2,1-3H3. The first-order chi connectivity index (χ1) is 19.2. The number of rotatable bonds is 20. The third kappa shape index (κ3) is 12.6. The minimum Gasteiger partial charge on any atom is -0.241 e. The van der Waals surface area contributed by atoms with E-state index in [0.29, 0.717) is 0 Å². The molecule has 218 valence electrons. The van der Waals surface area contributed by atoms with Crippen LogP contribution in [0.15, 0.2) is 30.6 Å². The second-order valence-electron chi connectivity index (χ2n) is 12.7. The summed E-state index contributed by atoms with van der Waals surface area (Å²) in [4.78, 5) is 9.39. The molecule has 1 aromatic heterocycles. The van der Waals surface area contributed by atoms with E-state index in [0.717, 1.165) is 29.6 Å². The van der Waals surface area contributed by atoms with Crippen LogP contribution in [0.1, 0.15) is 159 Å². The summed E-state index contributed by atoms with van der Waals surface area (Å²) in [5, 5.41) is 0. The van der Waals surface area contributed by atoms with Gasteiger partial charge in [0.2, 0.25) is 0 Å². The van der Waals surface area contributed by atoms with E-state index in [2.05, 4.69) is 39.0 Å². The van der Waals surface area contributed by atoms with Crippen molar-refractivity contribution in [2.45, 2.75) is 162 Å². The smallest absolute Gasteiger partial charge is 0.128 e. The van der Waals surface area contributed by atoms with Crippen molar-refractivity contribution in [1.82, 2.24) is 9.97 Å². The minimum atomic E-state index is 0.938. The molecule has 1 saturated carbocycles. The molecular formula is C37H60N2. The summed E-state index contributed by atoms with van der Waals surface area (Å²) in [6.07, 6.45) is 34.5. The monoisotopic (exact) mass is 532 g/mol. The van der Waals surface area contributed by atoms with Gasteiger partial charge in [0, 0.05) is 24.4 Å². The third-order valence-electron chi connectivity index (χ3n) is 9.33. The lowest BCUT2D eigenvalue weighted by molar-refractivity contribution is 0.248. The number of aryl methyl sites for hydroxylation is 3. The summed E-state index contributed by atoms with van der Waals surface area (Å²) in [5.41, 5.74) is 5.29. The van der Waals surface area contributed by atoms with Crippen molar-refractivity contribution in [2.75, 3.05) is 0 Å². The number of hydrogen-bond acceptors (Lipinski definition) is 2. The summed E-state index contributed by atoms with van der Waals surface area (Å²) in [6.45, 7) is 6.84. The van der Waals surface area contributed by atoms with Crippen LogP contribution >= 0.6 is 0 Å². The summed E-state index contributed by atoms with van der Waals surface area (Å²) < 4.78 is 0. The number of hydrogen-bond donors (Lipinski definition) is 0. The lowest BCUT2D eigenvalue weighted by Crippen LogP contribution is -2.15. The Hall–Kier alpha value is -1.70. The van der Waals surface area contributed by atoms with Crippen LogP contribution in [0.4, 0.5) is 0 Å². The molecule has 0 atom stereocenters. The van der Waals surface area contributed by atoms with Gasteiger partial charge >= 0.3 is 0 Å². The molecule has 0 saturated heterocycles. The van der Waals surface area contributed by atoms with Gasteiger partial charge in [0.1, 0.15) is 5.82 Å². The van der Waals surface area contributed by atoms with Crippen LogP contribution < -0.4 is 0 Å². The van der Waals surface area contributed by atoms with E-state index in [9.17, 15) is 0 Å². The van der Waals surface area contributed by atoms with E-state index in [-0.39, 0.29) is 0 Å². The highest BCUT2D eigenvalue weighted by molar-refractivity contribution is 5.66. The average Bonchev–Trinajstić information content (AvgIpc) is 2.96. The molecular weight excluding hydrogens is 472 g/mol. The highest BCUT2D eigenvalue weighted by Crippen LogP contribution is 2.34. The van der Waals surface area contributed by atoms with Crippen LogP contribution in [-0.4, -0.2) is 9.97 Å². The molecule has 0 N–H and O–H groups in total. The van der Waals surface area contributed by atoms with E-state index >= 15 is 0 Å². The second-order valence-corrected chi connectivity index (χ2v) is 12.7. The van der Waals surface area contributed by atoms with E-state index in [4.69, 9.17) is 9.97 Å². The van der Waals surface area contributed by atoms with Crippen molar-refractivity contribution in [3.05, 3.63) is 47.5 Å². The summed E-state index contributed by atoms with van der Waals surface area (Å²) in [6, 6.07) is 7.06. The molecule has 2 aromatic rings. The maximum absolute atomic E-state index is 4.70. The molecule has 2 nitrogen and oxygen atoms in total. The maximum Gasteiger partial charge on any atom is 0.128 e. The van der Waals surface area contributed by atoms with Crippen LogP contribution in [0.5, 0.6) is 0 Å². The van der Waals surface area contributed by atoms with E-state index in [1.165, 1.54) is 152 Å². The number of unbranched alkanes of at least 4 members (excludes halogenated alkanes) is 12. The third-order valence-corrected chi connectivity index (χ3v) is 9.33. The summed E-state index contributed by atoms with van der Waals surface area (Å²) in [7, 11) is 0. The summed E-state index contributed by atoms with van der Waals surface area (Å²) >= 11 is 0. The van der Waals surface area contributed by atoms with Gasteiger partial charge in [-0.15, -0.1) is 0 Å². The lowest BCUT2D eigenvalue weighted by atomic mass is 9.77. The van der Waals surface area contributed by atoms with Gasteiger partial charge in [0.15, 0.2) is 0 Å². The molecule has 1 aliphatic carbocycles. The van der Waals surface area contributed by atoms with Crippen LogP contribution in [0.25, 0.3) is 11.1 Å². The second kappa shape index (κ2) is 19.4. The van der Waals surface area contributed by atoms with E-state index in [1.807, 2.05) is 12.4 Å². The van der Waals surface area contributed by atoms with Crippen molar-refractivity contribution in [2.24, 2.45) is 11.8 Å². The van der Waals surface area contributed by atoms with Crippen molar-refractivity contribution in [1.29, 1.82) is 0 Å².